The molecule has 1 aromatic rings. The molecule has 0 fully saturated rings. The van der Waals surface area contributed by atoms with Gasteiger partial charge in [-0.1, -0.05) is 24.9 Å². The highest BCUT2D eigenvalue weighted by Gasteiger charge is 2.11. The van der Waals surface area contributed by atoms with Crippen molar-refractivity contribution in [2.75, 3.05) is 17.2 Å². The number of amides is 2. The summed E-state index contributed by atoms with van der Waals surface area (Å²) in [6.07, 6.45) is 1.25. The standard InChI is InChI=1S/C14H20ClN3O2/c1-3-10(8-16)6-14(20)18-11-4-5-13(12(15)7-11)17-9(2)19/h4-5,7,10H,3,6,8,16H2,1-2H3,(H,17,19)(H,18,20). The van der Waals surface area contributed by atoms with E-state index in [1.165, 1.54) is 6.92 Å². The van der Waals surface area contributed by atoms with Crippen LogP contribution < -0.4 is 16.4 Å². The highest BCUT2D eigenvalue weighted by molar-refractivity contribution is 6.34. The van der Waals surface area contributed by atoms with E-state index in [-0.39, 0.29) is 17.7 Å². The highest BCUT2D eigenvalue weighted by Crippen LogP contribution is 2.25. The molecule has 1 aromatic carbocycles. The van der Waals surface area contributed by atoms with Gasteiger partial charge >= 0.3 is 0 Å². The molecule has 0 aromatic heterocycles. The average molecular weight is 298 g/mol. The summed E-state index contributed by atoms with van der Waals surface area (Å²) in [4.78, 5) is 22.8. The molecular formula is C14H20ClN3O2. The molecule has 5 nitrogen and oxygen atoms in total. The molecule has 4 N–H and O–H groups in total. The van der Waals surface area contributed by atoms with Crippen molar-refractivity contribution in [3.05, 3.63) is 23.2 Å². The third kappa shape index (κ3) is 5.19. The number of halogens is 1. The van der Waals surface area contributed by atoms with Crippen LogP contribution in [0.5, 0.6) is 0 Å². The topological polar surface area (TPSA) is 84.2 Å². The molecule has 0 saturated heterocycles. The Bertz CT molecular complexity index is 487. The van der Waals surface area contributed by atoms with Crippen LogP contribution in [0.4, 0.5) is 11.4 Å². The molecule has 0 aliphatic rings. The van der Waals surface area contributed by atoms with Crippen LogP contribution in [0.2, 0.25) is 5.02 Å². The number of nitrogens with one attached hydrogen (secondary N) is 2. The maximum atomic E-state index is 11.8. The van der Waals surface area contributed by atoms with Gasteiger partial charge in [-0.15, -0.1) is 0 Å². The molecule has 0 heterocycles. The van der Waals surface area contributed by atoms with E-state index in [4.69, 9.17) is 17.3 Å². The lowest BCUT2D eigenvalue weighted by molar-refractivity contribution is -0.117. The van der Waals surface area contributed by atoms with Crippen molar-refractivity contribution in [1.29, 1.82) is 0 Å². The Balaban J connectivity index is 2.67. The monoisotopic (exact) mass is 297 g/mol. The van der Waals surface area contributed by atoms with Crippen LogP contribution in [0.15, 0.2) is 18.2 Å². The number of hydrogen-bond donors (Lipinski definition) is 3. The van der Waals surface area contributed by atoms with E-state index >= 15 is 0 Å². The fourth-order valence-electron chi connectivity index (χ4n) is 1.75. The number of carbonyl (C=O) groups excluding carboxylic acids is 2. The van der Waals surface area contributed by atoms with Crippen molar-refractivity contribution in [2.24, 2.45) is 11.7 Å². The number of hydrogen-bond acceptors (Lipinski definition) is 3. The summed E-state index contributed by atoms with van der Waals surface area (Å²) in [5.74, 6) is -0.104. The molecule has 0 aliphatic heterocycles. The van der Waals surface area contributed by atoms with E-state index in [2.05, 4.69) is 10.6 Å². The molecule has 1 atom stereocenters. The normalized spacial score (nSPS) is 11.8. The van der Waals surface area contributed by atoms with Gasteiger partial charge in [-0.05, 0) is 30.7 Å². The summed E-state index contributed by atoms with van der Waals surface area (Å²) in [7, 11) is 0. The maximum absolute atomic E-state index is 11.8. The second kappa shape index (κ2) is 7.87. The van der Waals surface area contributed by atoms with Crippen molar-refractivity contribution < 1.29 is 9.59 Å². The van der Waals surface area contributed by atoms with Crippen molar-refractivity contribution in [2.45, 2.75) is 26.7 Å². The Morgan fingerprint density at radius 3 is 2.55 bits per heavy atom. The molecule has 6 heteroatoms. The van der Waals surface area contributed by atoms with Crippen LogP contribution in [0.1, 0.15) is 26.7 Å². The van der Waals surface area contributed by atoms with Crippen LogP contribution >= 0.6 is 11.6 Å². The minimum absolute atomic E-state index is 0.0920. The fourth-order valence-corrected chi connectivity index (χ4v) is 1.98. The zero-order valence-electron chi connectivity index (χ0n) is 11.7. The fraction of sp³-hybridized carbons (Fsp3) is 0.429. The van der Waals surface area contributed by atoms with Crippen LogP contribution in [-0.2, 0) is 9.59 Å². The summed E-state index contributed by atoms with van der Waals surface area (Å²) in [6, 6.07) is 4.95. The maximum Gasteiger partial charge on any atom is 0.224 e. The third-order valence-corrected chi connectivity index (χ3v) is 3.26. The SMILES string of the molecule is CCC(CN)CC(=O)Nc1ccc(NC(C)=O)c(Cl)c1. The van der Waals surface area contributed by atoms with E-state index in [1.54, 1.807) is 18.2 Å². The van der Waals surface area contributed by atoms with Crippen molar-refractivity contribution >= 4 is 34.8 Å². The molecule has 0 radical (unpaired) electrons. The molecule has 20 heavy (non-hydrogen) atoms. The molecule has 0 aliphatic carbocycles. The van der Waals surface area contributed by atoms with Crippen LogP contribution in [-0.4, -0.2) is 18.4 Å². The zero-order chi connectivity index (χ0) is 15.1. The molecule has 0 bridgehead atoms. The number of benzene rings is 1. The summed E-state index contributed by atoms with van der Waals surface area (Å²) in [5, 5.41) is 5.75. The molecule has 110 valence electrons. The Kier molecular flexibility index (Phi) is 6.48. The van der Waals surface area contributed by atoms with Gasteiger partial charge in [-0.3, -0.25) is 9.59 Å². The lowest BCUT2D eigenvalue weighted by Crippen LogP contribution is -2.21. The highest BCUT2D eigenvalue weighted by atomic mass is 35.5. The van der Waals surface area contributed by atoms with Gasteiger partial charge in [0.1, 0.15) is 0 Å². The van der Waals surface area contributed by atoms with Crippen LogP contribution in [0, 0.1) is 5.92 Å². The second-order valence-corrected chi connectivity index (χ2v) is 5.05. The van der Waals surface area contributed by atoms with Gasteiger partial charge in [-0.2, -0.15) is 0 Å². The molecule has 1 unspecified atom stereocenters. The Labute approximate surface area is 123 Å². The van der Waals surface area contributed by atoms with E-state index in [0.29, 0.717) is 29.4 Å². The van der Waals surface area contributed by atoms with Gasteiger partial charge in [0.25, 0.3) is 0 Å². The summed E-state index contributed by atoms with van der Waals surface area (Å²) < 4.78 is 0. The van der Waals surface area contributed by atoms with E-state index in [1.807, 2.05) is 6.92 Å². The summed E-state index contributed by atoms with van der Waals surface area (Å²) >= 11 is 6.03. The smallest absolute Gasteiger partial charge is 0.224 e. The first-order valence-electron chi connectivity index (χ1n) is 6.53. The Morgan fingerprint density at radius 1 is 1.35 bits per heavy atom. The van der Waals surface area contributed by atoms with Crippen LogP contribution in [0.25, 0.3) is 0 Å². The molecule has 2 amide bonds. The number of carbonyl (C=O) groups is 2. The first-order chi connectivity index (χ1) is 9.46. The molecule has 1 rings (SSSR count). The van der Waals surface area contributed by atoms with Crippen molar-refractivity contribution in [3.63, 3.8) is 0 Å². The number of anilines is 2. The predicted molar refractivity (Wildman–Crippen MR) is 81.8 cm³/mol. The first-order valence-corrected chi connectivity index (χ1v) is 6.91. The Hall–Kier alpha value is -1.59. The van der Waals surface area contributed by atoms with Crippen molar-refractivity contribution in [1.82, 2.24) is 0 Å². The minimum atomic E-state index is -0.197. The molecule has 0 saturated carbocycles. The van der Waals surface area contributed by atoms with Gasteiger partial charge in [0.15, 0.2) is 0 Å². The van der Waals surface area contributed by atoms with Gasteiger partial charge in [0, 0.05) is 19.0 Å². The van der Waals surface area contributed by atoms with Gasteiger partial charge in [-0.25, -0.2) is 0 Å². The molecule has 0 spiro atoms. The van der Waals surface area contributed by atoms with Gasteiger partial charge < -0.3 is 16.4 Å². The number of nitrogens with two attached hydrogens (primary N) is 1. The van der Waals surface area contributed by atoms with E-state index < -0.39 is 0 Å². The van der Waals surface area contributed by atoms with Crippen molar-refractivity contribution in [3.8, 4) is 0 Å². The van der Waals surface area contributed by atoms with Crippen LogP contribution in [0.3, 0.4) is 0 Å². The van der Waals surface area contributed by atoms with Gasteiger partial charge in [0.2, 0.25) is 11.8 Å². The minimum Gasteiger partial charge on any atom is -0.330 e. The Morgan fingerprint density at radius 2 is 2.05 bits per heavy atom. The first kappa shape index (κ1) is 16.5. The third-order valence-electron chi connectivity index (χ3n) is 2.95. The summed E-state index contributed by atoms with van der Waals surface area (Å²) in [5.41, 5.74) is 6.69. The zero-order valence-corrected chi connectivity index (χ0v) is 12.5. The lowest BCUT2D eigenvalue weighted by Gasteiger charge is -2.13. The summed E-state index contributed by atoms with van der Waals surface area (Å²) in [6.45, 7) is 3.90. The largest absolute Gasteiger partial charge is 0.330 e. The number of rotatable bonds is 6. The second-order valence-electron chi connectivity index (χ2n) is 4.64. The lowest BCUT2D eigenvalue weighted by atomic mass is 10.0. The average Bonchev–Trinajstić information content (AvgIpc) is 2.38. The van der Waals surface area contributed by atoms with E-state index in [0.717, 1.165) is 6.42 Å². The van der Waals surface area contributed by atoms with E-state index in [9.17, 15) is 9.59 Å². The molecular weight excluding hydrogens is 278 g/mol. The van der Waals surface area contributed by atoms with Gasteiger partial charge in [0.05, 0.1) is 10.7 Å². The predicted octanol–water partition coefficient (Wildman–Crippen LogP) is 2.61. The quantitative estimate of drug-likeness (QED) is 0.754.